The second-order valence-corrected chi connectivity index (χ2v) is 7.90. The number of nitrogens with one attached hydrogen (secondary N) is 1. The van der Waals surface area contributed by atoms with Crippen molar-refractivity contribution < 1.29 is 4.79 Å². The van der Waals surface area contributed by atoms with Crippen molar-refractivity contribution in [3.63, 3.8) is 0 Å². The van der Waals surface area contributed by atoms with Gasteiger partial charge in [0.2, 0.25) is 0 Å². The van der Waals surface area contributed by atoms with Gasteiger partial charge in [0, 0.05) is 16.5 Å². The Kier molecular flexibility index (Phi) is 3.65. The molecule has 0 spiro atoms. The average Bonchev–Trinajstić information content (AvgIpc) is 3.10. The van der Waals surface area contributed by atoms with Crippen LogP contribution < -0.4 is 5.43 Å². The minimum absolute atomic E-state index is 0.0330. The van der Waals surface area contributed by atoms with Gasteiger partial charge >= 0.3 is 0 Å². The number of carbonyl (C=O) groups excluding carboxylic acids is 1. The van der Waals surface area contributed by atoms with Crippen LogP contribution in [0.25, 0.3) is 0 Å². The van der Waals surface area contributed by atoms with Crippen LogP contribution in [0.2, 0.25) is 0 Å². The van der Waals surface area contributed by atoms with Crippen LogP contribution in [0.4, 0.5) is 0 Å². The number of fused-ring (bicyclic) bond motifs is 2. The Hall–Kier alpha value is -1.42. The number of aryl methyl sites for hydroxylation is 1. The van der Waals surface area contributed by atoms with Crippen LogP contribution in [0.1, 0.15) is 52.7 Å². The fraction of sp³-hybridized carbons (Fsp3) is 0.556. The molecule has 22 heavy (non-hydrogen) atoms. The van der Waals surface area contributed by atoms with Gasteiger partial charge < -0.3 is 0 Å². The maximum atomic E-state index is 12.3. The van der Waals surface area contributed by atoms with Crippen LogP contribution in [0.15, 0.2) is 23.3 Å². The lowest BCUT2D eigenvalue weighted by atomic mass is 9.74. The van der Waals surface area contributed by atoms with E-state index >= 15 is 0 Å². The number of thiophene rings is 1. The van der Waals surface area contributed by atoms with E-state index in [1.165, 1.54) is 23.3 Å². The van der Waals surface area contributed by atoms with Crippen molar-refractivity contribution in [3.8, 4) is 0 Å². The summed E-state index contributed by atoms with van der Waals surface area (Å²) in [7, 11) is 0. The summed E-state index contributed by atoms with van der Waals surface area (Å²) in [5, 5.41) is 4.37. The molecule has 0 bridgehead atoms. The maximum absolute atomic E-state index is 12.3. The highest BCUT2D eigenvalue weighted by Gasteiger charge is 2.38. The van der Waals surface area contributed by atoms with Gasteiger partial charge in [-0.1, -0.05) is 25.5 Å². The third-order valence-electron chi connectivity index (χ3n) is 5.45. The lowest BCUT2D eigenvalue weighted by Crippen LogP contribution is -2.35. The molecular formula is C18H22N2OS. The number of rotatable bonds is 3. The minimum Gasteiger partial charge on any atom is -0.266 e. The maximum Gasteiger partial charge on any atom is 0.281 e. The molecule has 3 nitrogen and oxygen atoms in total. The van der Waals surface area contributed by atoms with Gasteiger partial charge in [-0.3, -0.25) is 4.79 Å². The van der Waals surface area contributed by atoms with Gasteiger partial charge in [0.15, 0.2) is 0 Å². The summed E-state index contributed by atoms with van der Waals surface area (Å²) >= 11 is 1.66. The molecule has 1 fully saturated rings. The number of hydrogen-bond acceptors (Lipinski definition) is 3. The summed E-state index contributed by atoms with van der Waals surface area (Å²) in [6, 6.07) is 2.10. The summed E-state index contributed by atoms with van der Waals surface area (Å²) in [4.78, 5) is 14.6. The first kappa shape index (κ1) is 14.2. The SMILES string of the molecule is CC[C@@H]1CCc2sc(C(=O)NN=C3C[C@H]4C=CC[C@@H]34)cc2C1. The summed E-state index contributed by atoms with van der Waals surface area (Å²) in [5.74, 6) is 1.99. The lowest BCUT2D eigenvalue weighted by Gasteiger charge is -2.31. The van der Waals surface area contributed by atoms with Crippen LogP contribution in [0.5, 0.6) is 0 Å². The van der Waals surface area contributed by atoms with E-state index in [1.807, 2.05) is 0 Å². The molecule has 4 rings (SSSR count). The highest BCUT2D eigenvalue weighted by molar-refractivity contribution is 7.14. The molecule has 1 saturated carbocycles. The summed E-state index contributed by atoms with van der Waals surface area (Å²) in [5.41, 5.74) is 5.34. The summed E-state index contributed by atoms with van der Waals surface area (Å²) < 4.78 is 0. The molecule has 0 unspecified atom stereocenters. The van der Waals surface area contributed by atoms with Crippen LogP contribution in [0.3, 0.4) is 0 Å². The molecule has 1 amide bonds. The van der Waals surface area contributed by atoms with E-state index in [9.17, 15) is 4.79 Å². The van der Waals surface area contributed by atoms with Crippen molar-refractivity contribution in [2.24, 2.45) is 22.9 Å². The Morgan fingerprint density at radius 1 is 1.45 bits per heavy atom. The van der Waals surface area contributed by atoms with Gasteiger partial charge in [0.1, 0.15) is 0 Å². The third-order valence-corrected chi connectivity index (χ3v) is 6.69. The predicted octanol–water partition coefficient (Wildman–Crippen LogP) is 3.94. The van der Waals surface area contributed by atoms with E-state index in [1.54, 1.807) is 11.3 Å². The molecular weight excluding hydrogens is 292 g/mol. The molecule has 0 saturated heterocycles. The number of allylic oxidation sites excluding steroid dienone is 2. The zero-order valence-electron chi connectivity index (χ0n) is 13.0. The molecule has 1 heterocycles. The molecule has 3 aliphatic rings. The van der Waals surface area contributed by atoms with E-state index in [0.29, 0.717) is 11.8 Å². The van der Waals surface area contributed by atoms with Crippen LogP contribution >= 0.6 is 11.3 Å². The molecule has 0 radical (unpaired) electrons. The van der Waals surface area contributed by atoms with Gasteiger partial charge in [-0.15, -0.1) is 11.3 Å². The first-order valence-electron chi connectivity index (χ1n) is 8.39. The van der Waals surface area contributed by atoms with Crippen molar-refractivity contribution in [3.05, 3.63) is 33.5 Å². The van der Waals surface area contributed by atoms with Gasteiger partial charge in [-0.25, -0.2) is 5.43 Å². The number of nitrogens with zero attached hydrogens (tertiary/aromatic N) is 1. The Balaban J connectivity index is 1.41. The standard InChI is InChI=1S/C18H22N2OS/c1-2-11-6-7-16-13(8-11)10-17(22-16)18(21)20-19-15-9-12-4-3-5-14(12)15/h3-4,10-12,14H,2,5-9H2,1H3,(H,20,21)/t11-,12-,14-/m1/s1. The Morgan fingerprint density at radius 2 is 2.36 bits per heavy atom. The highest BCUT2D eigenvalue weighted by Crippen LogP contribution is 2.40. The second kappa shape index (κ2) is 5.65. The fourth-order valence-corrected chi connectivity index (χ4v) is 5.00. The first-order valence-corrected chi connectivity index (χ1v) is 9.21. The fourth-order valence-electron chi connectivity index (χ4n) is 3.90. The third kappa shape index (κ3) is 2.43. The summed E-state index contributed by atoms with van der Waals surface area (Å²) in [6.45, 7) is 2.26. The van der Waals surface area contributed by atoms with Crippen molar-refractivity contribution >= 4 is 23.0 Å². The molecule has 0 aliphatic heterocycles. The van der Waals surface area contributed by atoms with E-state index in [4.69, 9.17) is 0 Å². The van der Waals surface area contributed by atoms with Crippen LogP contribution in [0, 0.1) is 17.8 Å². The number of carbonyl (C=O) groups is 1. The van der Waals surface area contributed by atoms with Crippen molar-refractivity contribution in [1.82, 2.24) is 5.43 Å². The number of amides is 1. The molecule has 3 aliphatic carbocycles. The summed E-state index contributed by atoms with van der Waals surface area (Å²) in [6.07, 6.45) is 11.4. The molecule has 3 atom stereocenters. The Morgan fingerprint density at radius 3 is 3.18 bits per heavy atom. The highest BCUT2D eigenvalue weighted by atomic mass is 32.1. The van der Waals surface area contributed by atoms with Gasteiger partial charge in [0.25, 0.3) is 5.91 Å². The monoisotopic (exact) mass is 314 g/mol. The van der Waals surface area contributed by atoms with E-state index < -0.39 is 0 Å². The molecule has 1 N–H and O–H groups in total. The molecule has 1 aromatic heterocycles. The van der Waals surface area contributed by atoms with Crippen molar-refractivity contribution in [2.45, 2.75) is 45.4 Å². The number of hydrazone groups is 1. The number of hydrogen-bond donors (Lipinski definition) is 1. The smallest absolute Gasteiger partial charge is 0.266 e. The van der Waals surface area contributed by atoms with Gasteiger partial charge in [0.05, 0.1) is 4.88 Å². The van der Waals surface area contributed by atoms with Crippen LogP contribution in [-0.2, 0) is 12.8 Å². The predicted molar refractivity (Wildman–Crippen MR) is 90.4 cm³/mol. The average molecular weight is 314 g/mol. The van der Waals surface area contributed by atoms with E-state index in [0.717, 1.165) is 42.2 Å². The minimum atomic E-state index is -0.0330. The Labute approximate surface area is 135 Å². The first-order chi connectivity index (χ1) is 10.7. The van der Waals surface area contributed by atoms with E-state index in [2.05, 4.69) is 35.7 Å². The second-order valence-electron chi connectivity index (χ2n) is 6.76. The normalized spacial score (nSPS) is 30.8. The van der Waals surface area contributed by atoms with Crippen LogP contribution in [-0.4, -0.2) is 11.6 Å². The molecule has 0 aromatic carbocycles. The van der Waals surface area contributed by atoms with Gasteiger partial charge in [-0.05, 0) is 55.6 Å². The molecule has 116 valence electrons. The van der Waals surface area contributed by atoms with Crippen molar-refractivity contribution in [2.75, 3.05) is 0 Å². The zero-order chi connectivity index (χ0) is 15.1. The Bertz CT molecular complexity index is 658. The van der Waals surface area contributed by atoms with Crippen molar-refractivity contribution in [1.29, 1.82) is 0 Å². The molecule has 1 aromatic rings. The van der Waals surface area contributed by atoms with Gasteiger partial charge in [-0.2, -0.15) is 5.10 Å². The lowest BCUT2D eigenvalue weighted by molar-refractivity contribution is 0.0958. The molecule has 4 heteroatoms. The largest absolute Gasteiger partial charge is 0.281 e. The zero-order valence-corrected chi connectivity index (χ0v) is 13.8. The van der Waals surface area contributed by atoms with E-state index in [-0.39, 0.29) is 5.91 Å². The quantitative estimate of drug-likeness (QED) is 0.666. The topological polar surface area (TPSA) is 41.5 Å².